The van der Waals surface area contributed by atoms with Crippen molar-refractivity contribution in [2.45, 2.75) is 32.9 Å². The number of halogens is 3. The minimum atomic E-state index is -4.72. The second-order valence-electron chi connectivity index (χ2n) is 4.11. The number of benzene rings is 1. The first-order valence-electron chi connectivity index (χ1n) is 6.46. The minimum absolute atomic E-state index is 0.0118. The number of hydrogen-bond donors (Lipinski definition) is 0. The van der Waals surface area contributed by atoms with Crippen LogP contribution >= 0.6 is 0 Å². The Hall–Kier alpha value is -2.05. The molecule has 0 saturated carbocycles. The molecule has 0 radical (unpaired) electrons. The Kier molecular flexibility index (Phi) is 6.20. The number of nitrogens with zero attached hydrogens (tertiary/aromatic N) is 1. The third kappa shape index (κ3) is 5.45. The molecule has 1 aromatic rings. The third-order valence-corrected chi connectivity index (χ3v) is 2.40. The average molecular weight is 303 g/mol. The summed E-state index contributed by atoms with van der Waals surface area (Å²) >= 11 is 0. The van der Waals surface area contributed by atoms with Crippen LogP contribution in [0.5, 0.6) is 5.75 Å². The molecule has 0 aliphatic heterocycles. The number of carbonyl (C=O) groups excluding carboxylic acids is 1. The summed E-state index contributed by atoms with van der Waals surface area (Å²) in [4.78, 5) is 15.4. The van der Waals surface area contributed by atoms with E-state index in [0.717, 1.165) is 0 Å². The van der Waals surface area contributed by atoms with Gasteiger partial charge in [-0.3, -0.25) is 0 Å². The zero-order valence-corrected chi connectivity index (χ0v) is 11.7. The third-order valence-electron chi connectivity index (χ3n) is 2.40. The zero-order chi connectivity index (χ0) is 15.9. The van der Waals surface area contributed by atoms with Crippen molar-refractivity contribution in [3.8, 4) is 5.75 Å². The molecular weight excluding hydrogens is 287 g/mol. The molecule has 0 unspecified atom stereocenters. The van der Waals surface area contributed by atoms with Gasteiger partial charge in [-0.2, -0.15) is 13.2 Å². The molecule has 0 aromatic heterocycles. The number of alkyl halides is 3. The molecule has 0 aliphatic rings. The van der Waals surface area contributed by atoms with Crippen molar-refractivity contribution < 1.29 is 27.5 Å². The van der Waals surface area contributed by atoms with Crippen LogP contribution in [0.4, 0.5) is 13.2 Å². The van der Waals surface area contributed by atoms with Crippen LogP contribution < -0.4 is 4.74 Å². The van der Waals surface area contributed by atoms with E-state index in [-0.39, 0.29) is 12.0 Å². The van der Waals surface area contributed by atoms with Crippen molar-refractivity contribution in [3.63, 3.8) is 0 Å². The number of rotatable bonds is 6. The maximum atomic E-state index is 12.9. The van der Waals surface area contributed by atoms with Crippen LogP contribution in [-0.4, -0.2) is 24.5 Å². The highest BCUT2D eigenvalue weighted by molar-refractivity contribution is 6.04. The van der Waals surface area contributed by atoms with Crippen LogP contribution in [0.3, 0.4) is 0 Å². The van der Waals surface area contributed by atoms with Crippen molar-refractivity contribution in [1.82, 2.24) is 0 Å². The van der Waals surface area contributed by atoms with Gasteiger partial charge in [0.1, 0.15) is 5.75 Å². The molecule has 0 heterocycles. The van der Waals surface area contributed by atoms with Crippen molar-refractivity contribution in [1.29, 1.82) is 0 Å². The van der Waals surface area contributed by atoms with Gasteiger partial charge in [0.2, 0.25) is 0 Å². The maximum absolute atomic E-state index is 12.9. The van der Waals surface area contributed by atoms with Gasteiger partial charge in [0, 0.05) is 12.0 Å². The quantitative estimate of drug-likeness (QED) is 0.457. The number of ether oxygens (including phenoxy) is 1. The second kappa shape index (κ2) is 7.66. The van der Waals surface area contributed by atoms with Gasteiger partial charge in [-0.15, -0.1) is 0 Å². The molecule has 0 spiro atoms. The topological polar surface area (TPSA) is 47.9 Å². The van der Waals surface area contributed by atoms with Crippen molar-refractivity contribution >= 4 is 11.7 Å². The smallest absolute Gasteiger partial charge is 0.437 e. The normalized spacial score (nSPS) is 12.1. The van der Waals surface area contributed by atoms with Crippen LogP contribution in [0.1, 0.15) is 32.3 Å². The Labute approximate surface area is 120 Å². The van der Waals surface area contributed by atoms with Gasteiger partial charge in [0.25, 0.3) is 0 Å². The monoisotopic (exact) mass is 303 g/mol. The highest BCUT2D eigenvalue weighted by Gasteiger charge is 2.38. The molecule has 0 bridgehead atoms. The van der Waals surface area contributed by atoms with E-state index in [1.165, 1.54) is 24.3 Å². The molecule has 0 saturated heterocycles. The Morgan fingerprint density at radius 1 is 1.19 bits per heavy atom. The Bertz CT molecular complexity index is 495. The number of oxime groups is 1. The summed E-state index contributed by atoms with van der Waals surface area (Å²) in [5.74, 6) is -0.351. The molecule has 0 fully saturated rings. The van der Waals surface area contributed by atoms with E-state index in [4.69, 9.17) is 4.74 Å². The van der Waals surface area contributed by atoms with E-state index in [0.29, 0.717) is 18.8 Å². The Morgan fingerprint density at radius 2 is 1.81 bits per heavy atom. The Balaban J connectivity index is 2.97. The van der Waals surface area contributed by atoms with Crippen LogP contribution in [0.2, 0.25) is 0 Å². The van der Waals surface area contributed by atoms with Crippen LogP contribution in [-0.2, 0) is 9.63 Å². The SMILES string of the molecule is CCCC(=O)O/N=C(\c1ccc(OCC)cc1)C(F)(F)F. The van der Waals surface area contributed by atoms with Crippen LogP contribution in [0, 0.1) is 0 Å². The molecule has 116 valence electrons. The molecule has 1 rings (SSSR count). The van der Waals surface area contributed by atoms with E-state index in [1.54, 1.807) is 13.8 Å². The van der Waals surface area contributed by atoms with Crippen molar-refractivity contribution in [2.75, 3.05) is 6.61 Å². The summed E-state index contributed by atoms with van der Waals surface area (Å²) in [6, 6.07) is 5.22. The lowest BCUT2D eigenvalue weighted by Crippen LogP contribution is -2.25. The molecule has 1 aromatic carbocycles. The van der Waals surface area contributed by atoms with E-state index < -0.39 is 17.9 Å². The molecule has 0 aliphatic carbocycles. The first kappa shape index (κ1) is 17.0. The Morgan fingerprint density at radius 3 is 2.29 bits per heavy atom. The first-order valence-corrected chi connectivity index (χ1v) is 6.46. The summed E-state index contributed by atoms with van der Waals surface area (Å²) in [7, 11) is 0. The average Bonchev–Trinajstić information content (AvgIpc) is 2.40. The first-order chi connectivity index (χ1) is 9.88. The maximum Gasteiger partial charge on any atom is 0.437 e. The minimum Gasteiger partial charge on any atom is -0.494 e. The highest BCUT2D eigenvalue weighted by Crippen LogP contribution is 2.24. The fourth-order valence-electron chi connectivity index (χ4n) is 1.49. The van der Waals surface area contributed by atoms with Crippen LogP contribution in [0.25, 0.3) is 0 Å². The summed E-state index contributed by atoms with van der Waals surface area (Å²) in [5, 5.41) is 2.96. The van der Waals surface area contributed by atoms with Crippen LogP contribution in [0.15, 0.2) is 29.4 Å². The lowest BCUT2D eigenvalue weighted by molar-refractivity contribution is -0.144. The van der Waals surface area contributed by atoms with Crippen molar-refractivity contribution in [3.05, 3.63) is 29.8 Å². The van der Waals surface area contributed by atoms with E-state index >= 15 is 0 Å². The molecular formula is C14H16F3NO3. The fraction of sp³-hybridized carbons (Fsp3) is 0.429. The largest absolute Gasteiger partial charge is 0.494 e. The molecule has 4 nitrogen and oxygen atoms in total. The van der Waals surface area contributed by atoms with Gasteiger partial charge in [-0.05, 0) is 37.6 Å². The zero-order valence-electron chi connectivity index (χ0n) is 11.7. The predicted octanol–water partition coefficient (Wildman–Crippen LogP) is 3.70. The molecule has 0 atom stereocenters. The summed E-state index contributed by atoms with van der Waals surface area (Å²) < 4.78 is 44.0. The molecule has 21 heavy (non-hydrogen) atoms. The number of hydrogen-bond acceptors (Lipinski definition) is 4. The second-order valence-corrected chi connectivity index (χ2v) is 4.11. The van der Waals surface area contributed by atoms with E-state index in [2.05, 4.69) is 9.99 Å². The highest BCUT2D eigenvalue weighted by atomic mass is 19.4. The van der Waals surface area contributed by atoms with E-state index in [1.807, 2.05) is 0 Å². The standard InChI is InChI=1S/C14H16F3NO3/c1-3-5-12(19)21-18-13(14(15,16)17)10-6-8-11(9-7-10)20-4-2/h6-9H,3-5H2,1-2H3/b18-13+. The predicted molar refractivity (Wildman–Crippen MR) is 71.2 cm³/mol. The molecule has 7 heteroatoms. The summed E-state index contributed by atoms with van der Waals surface area (Å²) in [6.07, 6.45) is -4.24. The fourth-order valence-corrected chi connectivity index (χ4v) is 1.49. The summed E-state index contributed by atoms with van der Waals surface area (Å²) in [6.45, 7) is 3.89. The van der Waals surface area contributed by atoms with E-state index in [9.17, 15) is 18.0 Å². The number of carbonyl (C=O) groups is 1. The van der Waals surface area contributed by atoms with Gasteiger partial charge in [0.15, 0.2) is 5.71 Å². The molecule has 0 N–H and O–H groups in total. The summed E-state index contributed by atoms with van der Waals surface area (Å²) in [5.41, 5.74) is -1.45. The van der Waals surface area contributed by atoms with Gasteiger partial charge in [-0.1, -0.05) is 12.1 Å². The lowest BCUT2D eigenvalue weighted by atomic mass is 10.1. The lowest BCUT2D eigenvalue weighted by Gasteiger charge is -2.10. The van der Waals surface area contributed by atoms with Gasteiger partial charge >= 0.3 is 12.1 Å². The molecule has 0 amide bonds. The van der Waals surface area contributed by atoms with Gasteiger partial charge in [-0.25, -0.2) is 4.79 Å². The van der Waals surface area contributed by atoms with Gasteiger partial charge < -0.3 is 9.57 Å². The van der Waals surface area contributed by atoms with Gasteiger partial charge in [0.05, 0.1) is 6.61 Å². The van der Waals surface area contributed by atoms with Crippen molar-refractivity contribution in [2.24, 2.45) is 5.16 Å².